The summed E-state index contributed by atoms with van der Waals surface area (Å²) in [6, 6.07) is 0. The number of ether oxygens (including phenoxy) is 4. The van der Waals surface area contributed by atoms with Crippen LogP contribution in [0, 0.1) is 0 Å². The quantitative estimate of drug-likeness (QED) is 0.0198. The standard InChI is InChI=1S/C48H86O12S/c1-3-5-7-9-11-13-15-17-18-19-20-21-22-23-24-26-28-30-32-34-36-38-56-40-42(41-57-48-46(52)47(60-61(53,54)55)45(51)43(39-49)59-48)58-44(50)37-35-33-31-29-27-25-16-14-12-10-8-6-4-2/h6,8,12,14,25,27,31,33,42-43,45-49,51-52H,3-5,7,9-11,13,15-24,26,28-30,32,34-41H2,1-2H3,(H,53,54,55)/b8-6-,14-12-,27-25-,33-31-. The van der Waals surface area contributed by atoms with Crippen LogP contribution >= 0.6 is 0 Å². The first-order valence-electron chi connectivity index (χ1n) is 23.9. The van der Waals surface area contributed by atoms with Gasteiger partial charge in [-0.3, -0.25) is 9.35 Å². The molecule has 0 saturated carbocycles. The highest BCUT2D eigenvalue weighted by Crippen LogP contribution is 2.26. The number of hydrogen-bond acceptors (Lipinski definition) is 11. The van der Waals surface area contributed by atoms with Crippen molar-refractivity contribution in [1.82, 2.24) is 0 Å². The van der Waals surface area contributed by atoms with Gasteiger partial charge in [-0.15, -0.1) is 0 Å². The molecule has 1 heterocycles. The lowest BCUT2D eigenvalue weighted by Gasteiger charge is -2.41. The molecule has 1 rings (SSSR count). The molecule has 0 amide bonds. The summed E-state index contributed by atoms with van der Waals surface area (Å²) in [6.07, 6.45) is 38.9. The molecule has 356 valence electrons. The molecule has 12 nitrogen and oxygen atoms in total. The molecule has 1 aliphatic heterocycles. The van der Waals surface area contributed by atoms with Crippen LogP contribution in [0.4, 0.5) is 0 Å². The number of unbranched alkanes of at least 4 members (excludes halogenated alkanes) is 20. The Morgan fingerprint density at radius 2 is 1.10 bits per heavy atom. The Hall–Kier alpha value is -1.94. The van der Waals surface area contributed by atoms with E-state index in [-0.39, 0.29) is 19.6 Å². The fourth-order valence-electron chi connectivity index (χ4n) is 7.16. The molecule has 6 unspecified atom stereocenters. The third-order valence-electron chi connectivity index (χ3n) is 10.7. The van der Waals surface area contributed by atoms with Gasteiger partial charge in [0.05, 0.1) is 19.8 Å². The van der Waals surface area contributed by atoms with Gasteiger partial charge in [-0.1, -0.05) is 191 Å². The molecule has 1 fully saturated rings. The van der Waals surface area contributed by atoms with Crippen molar-refractivity contribution in [3.05, 3.63) is 48.6 Å². The molecule has 13 heteroatoms. The molecular formula is C48H86O12S. The SMILES string of the molecule is CC/C=C\C/C=C\C/C=C\C/C=C\CCC(=O)OC(COCCCCCCCCCCCCCCCCCCCCCCC)COC1OC(CO)C(O)C(OS(=O)(=O)O)C1O. The molecule has 0 aromatic heterocycles. The maximum absolute atomic E-state index is 12.8. The molecule has 0 spiro atoms. The summed E-state index contributed by atoms with van der Waals surface area (Å²) in [5.41, 5.74) is 0. The van der Waals surface area contributed by atoms with Crippen molar-refractivity contribution in [3.63, 3.8) is 0 Å². The zero-order valence-electron chi connectivity index (χ0n) is 38.0. The molecule has 6 atom stereocenters. The lowest BCUT2D eigenvalue weighted by molar-refractivity contribution is -0.301. The predicted octanol–water partition coefficient (Wildman–Crippen LogP) is 10.4. The molecule has 0 bridgehead atoms. The second kappa shape index (κ2) is 39.6. The lowest BCUT2D eigenvalue weighted by atomic mass is 9.99. The van der Waals surface area contributed by atoms with Crippen molar-refractivity contribution < 1.29 is 56.2 Å². The highest BCUT2D eigenvalue weighted by atomic mass is 32.3. The molecule has 1 aliphatic rings. The van der Waals surface area contributed by atoms with E-state index in [0.717, 1.165) is 44.9 Å². The monoisotopic (exact) mass is 887 g/mol. The zero-order chi connectivity index (χ0) is 44.7. The minimum absolute atomic E-state index is 0.00865. The number of aliphatic hydroxyl groups is 3. The highest BCUT2D eigenvalue weighted by molar-refractivity contribution is 7.80. The van der Waals surface area contributed by atoms with Crippen LogP contribution in [0.25, 0.3) is 0 Å². The van der Waals surface area contributed by atoms with Crippen LogP contribution in [0.15, 0.2) is 48.6 Å². The third-order valence-corrected chi connectivity index (χ3v) is 11.2. The van der Waals surface area contributed by atoms with Gasteiger partial charge in [-0.05, 0) is 38.5 Å². The van der Waals surface area contributed by atoms with E-state index < -0.39 is 59.8 Å². The number of esters is 1. The summed E-state index contributed by atoms with van der Waals surface area (Å²) >= 11 is 0. The van der Waals surface area contributed by atoms with Crippen molar-refractivity contribution in [3.8, 4) is 0 Å². The van der Waals surface area contributed by atoms with E-state index >= 15 is 0 Å². The first-order valence-corrected chi connectivity index (χ1v) is 25.3. The van der Waals surface area contributed by atoms with Crippen LogP contribution in [0.1, 0.15) is 187 Å². The molecule has 0 aromatic carbocycles. The van der Waals surface area contributed by atoms with Crippen LogP contribution in [0.5, 0.6) is 0 Å². The minimum Gasteiger partial charge on any atom is -0.457 e. The van der Waals surface area contributed by atoms with E-state index in [9.17, 15) is 28.5 Å². The Kier molecular flexibility index (Phi) is 37.1. The fourth-order valence-corrected chi connectivity index (χ4v) is 7.67. The van der Waals surface area contributed by atoms with Gasteiger partial charge in [0.15, 0.2) is 6.29 Å². The fraction of sp³-hybridized carbons (Fsp3) is 0.812. The molecule has 61 heavy (non-hydrogen) atoms. The van der Waals surface area contributed by atoms with E-state index in [1.165, 1.54) is 116 Å². The van der Waals surface area contributed by atoms with Crippen LogP contribution < -0.4 is 0 Å². The number of rotatable bonds is 41. The van der Waals surface area contributed by atoms with Crippen LogP contribution in [0.3, 0.4) is 0 Å². The van der Waals surface area contributed by atoms with Crippen LogP contribution in [-0.4, -0.2) is 97.5 Å². The van der Waals surface area contributed by atoms with Gasteiger partial charge in [0.25, 0.3) is 0 Å². The van der Waals surface area contributed by atoms with Gasteiger partial charge in [0, 0.05) is 13.0 Å². The Morgan fingerprint density at radius 1 is 0.639 bits per heavy atom. The van der Waals surface area contributed by atoms with E-state index in [4.69, 9.17) is 23.5 Å². The first kappa shape index (κ1) is 57.1. The van der Waals surface area contributed by atoms with Gasteiger partial charge < -0.3 is 34.3 Å². The van der Waals surface area contributed by atoms with Gasteiger partial charge in [0.1, 0.15) is 30.5 Å². The average molecular weight is 887 g/mol. The van der Waals surface area contributed by atoms with E-state index in [2.05, 4.69) is 54.5 Å². The lowest BCUT2D eigenvalue weighted by Crippen LogP contribution is -2.60. The van der Waals surface area contributed by atoms with E-state index in [1.807, 2.05) is 12.2 Å². The van der Waals surface area contributed by atoms with Crippen molar-refractivity contribution >= 4 is 16.4 Å². The van der Waals surface area contributed by atoms with Crippen molar-refractivity contribution in [2.75, 3.05) is 26.4 Å². The number of carbonyl (C=O) groups is 1. The van der Waals surface area contributed by atoms with Gasteiger partial charge in [-0.25, -0.2) is 4.18 Å². The summed E-state index contributed by atoms with van der Waals surface area (Å²) in [7, 11) is -5.07. The Labute approximate surface area is 370 Å². The van der Waals surface area contributed by atoms with Crippen molar-refractivity contribution in [2.45, 2.75) is 224 Å². The summed E-state index contributed by atoms with van der Waals surface area (Å²) < 4.78 is 59.0. The molecule has 0 aliphatic carbocycles. The minimum atomic E-state index is -5.07. The molecule has 1 saturated heterocycles. The van der Waals surface area contributed by atoms with Gasteiger partial charge >= 0.3 is 16.4 Å². The number of allylic oxidation sites excluding steroid dienone is 8. The summed E-state index contributed by atoms with van der Waals surface area (Å²) in [5.74, 6) is -0.477. The Bertz CT molecular complexity index is 1250. The van der Waals surface area contributed by atoms with Crippen LogP contribution in [-0.2, 0) is 38.3 Å². The van der Waals surface area contributed by atoms with Crippen molar-refractivity contribution in [2.24, 2.45) is 0 Å². The van der Waals surface area contributed by atoms with E-state index in [0.29, 0.717) is 13.0 Å². The van der Waals surface area contributed by atoms with Gasteiger partial charge in [-0.2, -0.15) is 8.42 Å². The second-order valence-electron chi connectivity index (χ2n) is 16.3. The average Bonchev–Trinajstić information content (AvgIpc) is 3.23. The zero-order valence-corrected chi connectivity index (χ0v) is 38.8. The molecule has 0 radical (unpaired) electrons. The Morgan fingerprint density at radius 3 is 1.56 bits per heavy atom. The maximum Gasteiger partial charge on any atom is 0.397 e. The highest BCUT2D eigenvalue weighted by Gasteiger charge is 2.48. The third kappa shape index (κ3) is 33.3. The van der Waals surface area contributed by atoms with Crippen LogP contribution in [0.2, 0.25) is 0 Å². The first-order chi connectivity index (χ1) is 29.6. The number of aliphatic hydroxyl groups excluding tert-OH is 3. The topological polar surface area (TPSA) is 178 Å². The predicted molar refractivity (Wildman–Crippen MR) is 243 cm³/mol. The van der Waals surface area contributed by atoms with E-state index in [1.54, 1.807) is 0 Å². The smallest absolute Gasteiger partial charge is 0.397 e. The maximum atomic E-state index is 12.8. The normalized spacial score (nSPS) is 20.5. The molecule has 4 N–H and O–H groups in total. The molecular weight excluding hydrogens is 801 g/mol. The van der Waals surface area contributed by atoms with Gasteiger partial charge in [0.2, 0.25) is 0 Å². The largest absolute Gasteiger partial charge is 0.457 e. The Balaban J connectivity index is 2.39. The summed E-state index contributed by atoms with van der Waals surface area (Å²) in [6.45, 7) is 3.80. The second-order valence-corrected chi connectivity index (χ2v) is 17.4. The summed E-state index contributed by atoms with van der Waals surface area (Å²) in [4.78, 5) is 12.8. The number of carbonyl (C=O) groups excluding carboxylic acids is 1. The summed E-state index contributed by atoms with van der Waals surface area (Å²) in [5, 5.41) is 30.7. The van der Waals surface area contributed by atoms with Crippen molar-refractivity contribution in [1.29, 1.82) is 0 Å². The number of hydrogen-bond donors (Lipinski definition) is 4. The molecule has 0 aromatic rings.